The van der Waals surface area contributed by atoms with Crippen LogP contribution in [0.4, 0.5) is 9.18 Å². The average molecular weight is 219 g/mol. The average Bonchev–Trinajstić information content (AvgIpc) is 2.25. The molecule has 0 saturated heterocycles. The van der Waals surface area contributed by atoms with Crippen LogP contribution in [0, 0.1) is 0 Å². The normalized spacial score (nSPS) is 31.4. The molecule has 0 bridgehead atoms. The fourth-order valence-electron chi connectivity index (χ4n) is 1.57. The molecule has 0 heterocycles. The van der Waals surface area contributed by atoms with Gasteiger partial charge in [0.15, 0.2) is 0 Å². The van der Waals surface area contributed by atoms with Crippen molar-refractivity contribution >= 4 is 6.09 Å². The van der Waals surface area contributed by atoms with Crippen molar-refractivity contribution in [1.82, 2.24) is 5.32 Å². The Morgan fingerprint density at radius 2 is 2.07 bits per heavy atom. The van der Waals surface area contributed by atoms with E-state index < -0.39 is 30.0 Å². The molecule has 88 valence electrons. The summed E-state index contributed by atoms with van der Waals surface area (Å²) in [5.74, 6) is 0. The molecule has 2 N–H and O–H groups in total. The van der Waals surface area contributed by atoms with Crippen LogP contribution < -0.4 is 5.32 Å². The Balaban J connectivity index is 2.39. The van der Waals surface area contributed by atoms with E-state index in [0.717, 1.165) is 0 Å². The first kappa shape index (κ1) is 12.2. The summed E-state index contributed by atoms with van der Waals surface area (Å²) in [6, 6.07) is -0.533. The molecule has 0 aromatic carbocycles. The van der Waals surface area contributed by atoms with Gasteiger partial charge in [-0.05, 0) is 20.8 Å². The molecule has 0 radical (unpaired) electrons. The van der Waals surface area contributed by atoms with Gasteiger partial charge in [0.1, 0.15) is 11.8 Å². The Morgan fingerprint density at radius 1 is 1.47 bits per heavy atom. The Morgan fingerprint density at radius 3 is 2.47 bits per heavy atom. The van der Waals surface area contributed by atoms with Crippen LogP contribution in [0.2, 0.25) is 0 Å². The van der Waals surface area contributed by atoms with Crippen molar-refractivity contribution < 1.29 is 19.0 Å². The van der Waals surface area contributed by atoms with Gasteiger partial charge in [-0.3, -0.25) is 0 Å². The van der Waals surface area contributed by atoms with Crippen LogP contribution in [0.15, 0.2) is 0 Å². The third-order valence-electron chi connectivity index (χ3n) is 2.17. The van der Waals surface area contributed by atoms with Gasteiger partial charge in [0, 0.05) is 12.8 Å². The highest BCUT2D eigenvalue weighted by molar-refractivity contribution is 5.68. The van der Waals surface area contributed by atoms with Crippen molar-refractivity contribution in [3.8, 4) is 0 Å². The van der Waals surface area contributed by atoms with Gasteiger partial charge in [-0.15, -0.1) is 0 Å². The summed E-state index contributed by atoms with van der Waals surface area (Å²) < 4.78 is 17.9. The third-order valence-corrected chi connectivity index (χ3v) is 2.17. The lowest BCUT2D eigenvalue weighted by molar-refractivity contribution is 0.0450. The van der Waals surface area contributed by atoms with Crippen molar-refractivity contribution in [2.24, 2.45) is 0 Å². The molecule has 1 fully saturated rings. The molecule has 0 aliphatic heterocycles. The van der Waals surface area contributed by atoms with E-state index in [1.165, 1.54) is 0 Å². The summed E-state index contributed by atoms with van der Waals surface area (Å²) in [4.78, 5) is 11.3. The van der Waals surface area contributed by atoms with E-state index in [9.17, 15) is 14.3 Å². The minimum absolute atomic E-state index is 0.0838. The number of aliphatic hydroxyl groups excluding tert-OH is 1. The predicted molar refractivity (Wildman–Crippen MR) is 53.3 cm³/mol. The SMILES string of the molecule is CC(C)(C)OC(=O)N[C@H]1C[C@H](F)C[C@@H]1O. The summed E-state index contributed by atoms with van der Waals surface area (Å²) in [5, 5.41) is 11.9. The van der Waals surface area contributed by atoms with E-state index in [1.807, 2.05) is 0 Å². The zero-order chi connectivity index (χ0) is 11.6. The van der Waals surface area contributed by atoms with Crippen LogP contribution in [-0.2, 0) is 4.74 Å². The van der Waals surface area contributed by atoms with Crippen LogP contribution >= 0.6 is 0 Å². The molecule has 0 spiro atoms. The Labute approximate surface area is 88.8 Å². The van der Waals surface area contributed by atoms with Crippen LogP contribution in [0.1, 0.15) is 33.6 Å². The highest BCUT2D eigenvalue weighted by atomic mass is 19.1. The number of alkyl halides is 1. The topological polar surface area (TPSA) is 58.6 Å². The van der Waals surface area contributed by atoms with Crippen molar-refractivity contribution in [2.45, 2.75) is 57.5 Å². The number of alkyl carbamates (subject to hydrolysis) is 1. The number of nitrogens with one attached hydrogen (secondary N) is 1. The molecule has 1 rings (SSSR count). The molecule has 3 atom stereocenters. The van der Waals surface area contributed by atoms with Gasteiger partial charge in [-0.2, -0.15) is 0 Å². The summed E-state index contributed by atoms with van der Waals surface area (Å²) in [7, 11) is 0. The first-order chi connectivity index (χ1) is 6.78. The number of aliphatic hydroxyl groups is 1. The van der Waals surface area contributed by atoms with Crippen LogP contribution in [0.3, 0.4) is 0 Å². The van der Waals surface area contributed by atoms with E-state index in [2.05, 4.69) is 5.32 Å². The molecule has 1 amide bonds. The molecule has 4 nitrogen and oxygen atoms in total. The first-order valence-corrected chi connectivity index (χ1v) is 5.09. The highest BCUT2D eigenvalue weighted by Gasteiger charge is 2.34. The van der Waals surface area contributed by atoms with Gasteiger partial charge in [0.05, 0.1) is 12.1 Å². The lowest BCUT2D eigenvalue weighted by Crippen LogP contribution is -2.42. The Kier molecular flexibility index (Phi) is 3.54. The molecule has 5 heteroatoms. The predicted octanol–water partition coefficient (Wildman–Crippen LogP) is 1.37. The van der Waals surface area contributed by atoms with Gasteiger partial charge in [-0.1, -0.05) is 0 Å². The molecule has 0 unspecified atom stereocenters. The number of rotatable bonds is 1. The molecular formula is C10H18FNO3. The van der Waals surface area contributed by atoms with E-state index in [1.54, 1.807) is 20.8 Å². The minimum atomic E-state index is -1.04. The number of ether oxygens (including phenoxy) is 1. The van der Waals surface area contributed by atoms with Gasteiger partial charge in [0.2, 0.25) is 0 Å². The molecule has 0 aromatic heterocycles. The van der Waals surface area contributed by atoms with Gasteiger partial charge in [-0.25, -0.2) is 9.18 Å². The van der Waals surface area contributed by atoms with Crippen molar-refractivity contribution in [2.75, 3.05) is 0 Å². The number of halogens is 1. The molecule has 1 aliphatic carbocycles. The summed E-state index contributed by atoms with van der Waals surface area (Å²) in [5.41, 5.74) is -0.581. The number of carbonyl (C=O) groups excluding carboxylic acids is 1. The summed E-state index contributed by atoms with van der Waals surface area (Å²) >= 11 is 0. The van der Waals surface area contributed by atoms with Gasteiger partial charge >= 0.3 is 6.09 Å². The van der Waals surface area contributed by atoms with Crippen molar-refractivity contribution in [1.29, 1.82) is 0 Å². The molecule has 0 aromatic rings. The number of hydrogen-bond donors (Lipinski definition) is 2. The maximum Gasteiger partial charge on any atom is 0.407 e. The number of carbonyl (C=O) groups is 1. The summed E-state index contributed by atoms with van der Waals surface area (Å²) in [6.07, 6.45) is -2.23. The first-order valence-electron chi connectivity index (χ1n) is 5.09. The second kappa shape index (κ2) is 4.35. The van der Waals surface area contributed by atoms with Gasteiger partial charge < -0.3 is 15.2 Å². The van der Waals surface area contributed by atoms with E-state index in [-0.39, 0.29) is 12.8 Å². The maximum atomic E-state index is 12.9. The minimum Gasteiger partial charge on any atom is -0.444 e. The maximum absolute atomic E-state index is 12.9. The van der Waals surface area contributed by atoms with Crippen LogP contribution in [0.25, 0.3) is 0 Å². The largest absolute Gasteiger partial charge is 0.444 e. The van der Waals surface area contributed by atoms with Crippen LogP contribution in [0.5, 0.6) is 0 Å². The zero-order valence-electron chi connectivity index (χ0n) is 9.29. The fourth-order valence-corrected chi connectivity index (χ4v) is 1.57. The quantitative estimate of drug-likeness (QED) is 0.700. The lowest BCUT2D eigenvalue weighted by atomic mass is 10.2. The fraction of sp³-hybridized carbons (Fsp3) is 0.900. The molecular weight excluding hydrogens is 201 g/mol. The Bertz CT molecular complexity index is 239. The second-order valence-electron chi connectivity index (χ2n) is 4.89. The van der Waals surface area contributed by atoms with Crippen molar-refractivity contribution in [3.05, 3.63) is 0 Å². The third kappa shape index (κ3) is 4.03. The zero-order valence-corrected chi connectivity index (χ0v) is 9.29. The number of amides is 1. The van der Waals surface area contributed by atoms with Crippen molar-refractivity contribution in [3.63, 3.8) is 0 Å². The summed E-state index contributed by atoms with van der Waals surface area (Å²) in [6.45, 7) is 5.24. The molecule has 1 saturated carbocycles. The standard InChI is InChI=1S/C10H18FNO3/c1-10(2,3)15-9(14)12-7-4-6(11)5-8(7)13/h6-8,13H,4-5H2,1-3H3,(H,12,14)/t6-,7-,8-/m0/s1. The monoisotopic (exact) mass is 219 g/mol. The Hall–Kier alpha value is -0.840. The second-order valence-corrected chi connectivity index (χ2v) is 4.89. The molecule has 15 heavy (non-hydrogen) atoms. The number of hydrogen-bond acceptors (Lipinski definition) is 3. The van der Waals surface area contributed by atoms with E-state index in [4.69, 9.17) is 4.74 Å². The lowest BCUT2D eigenvalue weighted by Gasteiger charge is -2.22. The smallest absolute Gasteiger partial charge is 0.407 e. The van der Waals surface area contributed by atoms with E-state index in [0.29, 0.717) is 0 Å². The van der Waals surface area contributed by atoms with Gasteiger partial charge in [0.25, 0.3) is 0 Å². The van der Waals surface area contributed by atoms with E-state index >= 15 is 0 Å². The van der Waals surface area contributed by atoms with Crippen LogP contribution in [-0.4, -0.2) is 35.1 Å². The highest BCUT2D eigenvalue weighted by Crippen LogP contribution is 2.22. The molecule has 1 aliphatic rings.